The molecule has 1 aromatic heterocycles. The number of hydrogen-bond donors (Lipinski definition) is 1. The van der Waals surface area contributed by atoms with Crippen molar-refractivity contribution in [1.82, 2.24) is 4.90 Å². The molecule has 0 spiro atoms. The van der Waals surface area contributed by atoms with E-state index in [9.17, 15) is 13.2 Å². The van der Waals surface area contributed by atoms with Crippen LogP contribution in [0.3, 0.4) is 0 Å². The van der Waals surface area contributed by atoms with Crippen LogP contribution in [-0.4, -0.2) is 26.6 Å². The largest absolute Gasteiger partial charge is 0.476 e. The number of rotatable bonds is 5. The van der Waals surface area contributed by atoms with E-state index in [1.165, 1.54) is 18.2 Å². The monoisotopic (exact) mass is 448 g/mol. The average Bonchev–Trinajstić information content (AvgIpc) is 2.72. The van der Waals surface area contributed by atoms with Crippen LogP contribution in [0, 0.1) is 0 Å². The van der Waals surface area contributed by atoms with Gasteiger partial charge in [-0.2, -0.15) is 0 Å². The molecule has 0 bridgehead atoms. The Labute approximate surface area is 179 Å². The summed E-state index contributed by atoms with van der Waals surface area (Å²) < 4.78 is 34.2. The van der Waals surface area contributed by atoms with Crippen molar-refractivity contribution in [3.05, 3.63) is 68.5 Å². The molecular formula is C21H21ClN2O5S. The molecule has 3 aromatic rings. The van der Waals surface area contributed by atoms with E-state index in [0.29, 0.717) is 49.0 Å². The predicted octanol–water partition coefficient (Wildman–Crippen LogP) is 3.05. The van der Waals surface area contributed by atoms with E-state index in [-0.39, 0.29) is 4.90 Å². The van der Waals surface area contributed by atoms with Crippen molar-refractivity contribution in [3.8, 4) is 5.75 Å². The SMILES string of the molecule is CCc1cc(=O)oc2c3c(c(Cl)cc12)OCN(CCc1ccc(S(N)(=O)=O)cc1)C3. The predicted molar refractivity (Wildman–Crippen MR) is 114 cm³/mol. The first kappa shape index (κ1) is 20.9. The number of halogens is 1. The van der Waals surface area contributed by atoms with Gasteiger partial charge in [0, 0.05) is 24.5 Å². The minimum Gasteiger partial charge on any atom is -0.476 e. The number of ether oxygens (including phenoxy) is 1. The first-order valence-corrected chi connectivity index (χ1v) is 11.4. The fourth-order valence-corrected chi connectivity index (χ4v) is 4.46. The maximum absolute atomic E-state index is 12.0. The van der Waals surface area contributed by atoms with Crippen molar-refractivity contribution in [3.63, 3.8) is 0 Å². The van der Waals surface area contributed by atoms with Gasteiger partial charge in [0.25, 0.3) is 0 Å². The fourth-order valence-electron chi connectivity index (χ4n) is 3.67. The quantitative estimate of drug-likeness (QED) is 0.602. The Morgan fingerprint density at radius 2 is 1.93 bits per heavy atom. The van der Waals surface area contributed by atoms with Crippen LogP contribution in [0.4, 0.5) is 0 Å². The van der Waals surface area contributed by atoms with Gasteiger partial charge < -0.3 is 9.15 Å². The molecule has 7 nitrogen and oxygen atoms in total. The van der Waals surface area contributed by atoms with E-state index >= 15 is 0 Å². The molecule has 0 saturated carbocycles. The van der Waals surface area contributed by atoms with Crippen molar-refractivity contribution < 1.29 is 17.6 Å². The van der Waals surface area contributed by atoms with Gasteiger partial charge in [0.05, 0.1) is 15.5 Å². The zero-order valence-electron chi connectivity index (χ0n) is 16.4. The summed E-state index contributed by atoms with van der Waals surface area (Å²) >= 11 is 6.44. The second-order valence-electron chi connectivity index (χ2n) is 7.25. The zero-order chi connectivity index (χ0) is 21.5. The van der Waals surface area contributed by atoms with Crippen LogP contribution in [0.25, 0.3) is 11.0 Å². The van der Waals surface area contributed by atoms with Crippen LogP contribution < -0.4 is 15.5 Å². The van der Waals surface area contributed by atoms with Gasteiger partial charge in [0.2, 0.25) is 10.0 Å². The third-order valence-corrected chi connectivity index (χ3v) is 6.45. The first-order valence-electron chi connectivity index (χ1n) is 9.51. The Morgan fingerprint density at radius 3 is 2.60 bits per heavy atom. The van der Waals surface area contributed by atoms with E-state index in [1.54, 1.807) is 18.2 Å². The van der Waals surface area contributed by atoms with Crippen molar-refractivity contribution in [2.75, 3.05) is 13.3 Å². The summed E-state index contributed by atoms with van der Waals surface area (Å²) in [5.41, 5.74) is 2.75. The first-order chi connectivity index (χ1) is 14.3. The van der Waals surface area contributed by atoms with Gasteiger partial charge in [-0.15, -0.1) is 0 Å². The number of hydrogen-bond acceptors (Lipinski definition) is 6. The van der Waals surface area contributed by atoms with Gasteiger partial charge >= 0.3 is 5.63 Å². The topological polar surface area (TPSA) is 103 Å². The average molecular weight is 449 g/mol. The summed E-state index contributed by atoms with van der Waals surface area (Å²) in [6, 6.07) is 9.79. The zero-order valence-corrected chi connectivity index (χ0v) is 17.9. The second-order valence-corrected chi connectivity index (χ2v) is 9.22. The number of nitrogens with zero attached hydrogens (tertiary/aromatic N) is 1. The lowest BCUT2D eigenvalue weighted by atomic mass is 10.0. The summed E-state index contributed by atoms with van der Waals surface area (Å²) in [5, 5.41) is 6.46. The van der Waals surface area contributed by atoms with Crippen molar-refractivity contribution in [1.29, 1.82) is 0 Å². The van der Waals surface area contributed by atoms with Gasteiger partial charge in [-0.25, -0.2) is 18.4 Å². The maximum atomic E-state index is 12.0. The van der Waals surface area contributed by atoms with Crippen LogP contribution in [0.1, 0.15) is 23.6 Å². The maximum Gasteiger partial charge on any atom is 0.336 e. The number of benzene rings is 2. The fraction of sp³-hybridized carbons (Fsp3) is 0.286. The standard InChI is InChI=1S/C21H21ClN2O5S/c1-2-14-9-19(25)29-20-16(14)10-18(22)21-17(20)11-24(12-28-21)8-7-13-3-5-15(6-4-13)30(23,26)27/h3-6,9-10H,2,7-8,11-12H2,1H3,(H2,23,26,27). The van der Waals surface area contributed by atoms with Crippen LogP contribution in [-0.2, 0) is 29.4 Å². The molecule has 0 atom stereocenters. The highest BCUT2D eigenvalue weighted by atomic mass is 35.5. The molecule has 2 N–H and O–H groups in total. The Hall–Kier alpha value is -2.39. The van der Waals surface area contributed by atoms with Gasteiger partial charge in [-0.1, -0.05) is 30.7 Å². The lowest BCUT2D eigenvalue weighted by Crippen LogP contribution is -2.34. The highest BCUT2D eigenvalue weighted by Crippen LogP contribution is 2.39. The smallest absolute Gasteiger partial charge is 0.336 e. The molecule has 4 rings (SSSR count). The minimum absolute atomic E-state index is 0.0874. The molecule has 1 aliphatic heterocycles. The molecule has 1 aliphatic rings. The van der Waals surface area contributed by atoms with Crippen LogP contribution in [0.2, 0.25) is 5.02 Å². The number of fused-ring (bicyclic) bond motifs is 3. The second kappa shape index (κ2) is 8.03. The molecule has 9 heteroatoms. The highest BCUT2D eigenvalue weighted by Gasteiger charge is 2.25. The molecule has 0 fully saturated rings. The Morgan fingerprint density at radius 1 is 1.20 bits per heavy atom. The molecule has 0 aliphatic carbocycles. The van der Waals surface area contributed by atoms with Gasteiger partial charge in [0.1, 0.15) is 18.1 Å². The van der Waals surface area contributed by atoms with Crippen molar-refractivity contribution in [2.45, 2.75) is 31.2 Å². The van der Waals surface area contributed by atoms with E-state index in [0.717, 1.165) is 22.1 Å². The molecule has 2 heterocycles. The van der Waals surface area contributed by atoms with Gasteiger partial charge in [-0.05, 0) is 42.2 Å². The summed E-state index contributed by atoms with van der Waals surface area (Å²) in [7, 11) is -3.70. The van der Waals surface area contributed by atoms with E-state index < -0.39 is 15.6 Å². The summed E-state index contributed by atoms with van der Waals surface area (Å²) in [4.78, 5) is 14.2. The molecule has 0 amide bonds. The Balaban J connectivity index is 1.58. The third-order valence-electron chi connectivity index (χ3n) is 5.24. The Kier molecular flexibility index (Phi) is 5.59. The van der Waals surface area contributed by atoms with Crippen LogP contribution in [0.15, 0.2) is 50.5 Å². The number of nitrogens with two attached hydrogens (primary N) is 1. The van der Waals surface area contributed by atoms with Crippen LogP contribution >= 0.6 is 11.6 Å². The lowest BCUT2D eigenvalue weighted by molar-refractivity contribution is 0.0969. The van der Waals surface area contributed by atoms with Crippen LogP contribution in [0.5, 0.6) is 5.75 Å². The highest BCUT2D eigenvalue weighted by molar-refractivity contribution is 7.89. The Bertz CT molecular complexity index is 1270. The third kappa shape index (κ3) is 4.09. The molecule has 0 unspecified atom stereocenters. The molecule has 2 aromatic carbocycles. The minimum atomic E-state index is -3.70. The molecule has 0 radical (unpaired) electrons. The van der Waals surface area contributed by atoms with Gasteiger partial charge in [0.15, 0.2) is 0 Å². The van der Waals surface area contributed by atoms with Crippen molar-refractivity contribution in [2.24, 2.45) is 5.14 Å². The van der Waals surface area contributed by atoms with E-state index in [2.05, 4.69) is 4.90 Å². The number of aryl methyl sites for hydroxylation is 1. The summed E-state index contributed by atoms with van der Waals surface area (Å²) in [6.07, 6.45) is 1.38. The normalized spacial score (nSPS) is 14.5. The molecule has 158 valence electrons. The van der Waals surface area contributed by atoms with Gasteiger partial charge in [-0.3, -0.25) is 4.90 Å². The summed E-state index contributed by atoms with van der Waals surface area (Å²) in [6.45, 7) is 3.52. The molecule has 0 saturated heterocycles. The number of primary sulfonamides is 1. The van der Waals surface area contributed by atoms with Crippen molar-refractivity contribution >= 4 is 32.6 Å². The molecule has 30 heavy (non-hydrogen) atoms. The van der Waals surface area contributed by atoms with E-state index in [4.69, 9.17) is 25.9 Å². The molecular weight excluding hydrogens is 428 g/mol. The lowest BCUT2D eigenvalue weighted by Gasteiger charge is -2.30. The van der Waals surface area contributed by atoms with E-state index in [1.807, 2.05) is 6.92 Å². The number of sulfonamides is 1. The summed E-state index contributed by atoms with van der Waals surface area (Å²) in [5.74, 6) is 0.550.